The Balaban J connectivity index is 0. The molecule has 0 spiro atoms. The van der Waals surface area contributed by atoms with Crippen LogP contribution in [-0.4, -0.2) is 6.29 Å². The van der Waals surface area contributed by atoms with Crippen molar-refractivity contribution in [2.75, 3.05) is 0 Å². The molecule has 0 bridgehead atoms. The fraction of sp³-hybridized carbons (Fsp3) is 0.800. The first-order valence-electron chi connectivity index (χ1n) is 2.35. The molecule has 0 rings (SSSR count). The molecular weight excluding hydrogens is 257 g/mol. The van der Waals surface area contributed by atoms with Crippen LogP contribution in [0.15, 0.2) is 0 Å². The van der Waals surface area contributed by atoms with Gasteiger partial charge in [0.05, 0.1) is 0 Å². The number of unbranched alkanes of at least 4 members (excludes halogenated alkanes) is 2. The van der Waals surface area contributed by atoms with E-state index in [-0.39, 0.29) is 22.4 Å². The molecule has 0 aromatic carbocycles. The van der Waals surface area contributed by atoms with E-state index in [1.807, 2.05) is 0 Å². The van der Waals surface area contributed by atoms with Crippen LogP contribution in [-0.2, 0) is 27.2 Å². The molecule has 1 radical (unpaired) electrons. The molecule has 0 aliphatic rings. The van der Waals surface area contributed by atoms with Gasteiger partial charge in [-0.05, 0) is 6.42 Å². The summed E-state index contributed by atoms with van der Waals surface area (Å²) in [5.41, 5.74) is 0. The van der Waals surface area contributed by atoms with Gasteiger partial charge in [-0.1, -0.05) is 13.3 Å². The van der Waals surface area contributed by atoms with Crippen LogP contribution < -0.4 is 0 Å². The topological polar surface area (TPSA) is 17.1 Å². The molecule has 0 saturated heterocycles. The maximum atomic E-state index is 9.56. The van der Waals surface area contributed by atoms with Crippen LogP contribution in [0.3, 0.4) is 0 Å². The molecule has 0 aromatic rings. The van der Waals surface area contributed by atoms with Crippen molar-refractivity contribution in [1.29, 1.82) is 0 Å². The standard InChI is InChI=1S/C5H10O.Ta/c1-2-3-4-5-6;/h5H,2-4H2,1H3;. The fourth-order valence-electron chi connectivity index (χ4n) is 0.287. The number of hydrogen-bond acceptors (Lipinski definition) is 1. The number of rotatable bonds is 3. The Morgan fingerprint density at radius 1 is 1.57 bits per heavy atom. The Kier molecular flexibility index (Phi) is 14.3. The molecule has 0 aromatic heterocycles. The first-order valence-corrected chi connectivity index (χ1v) is 2.35. The first kappa shape index (κ1) is 10.4. The molecule has 0 saturated carbocycles. The molecule has 0 N–H and O–H groups in total. The zero-order valence-electron chi connectivity index (χ0n) is 4.55. The Labute approximate surface area is 60.0 Å². The van der Waals surface area contributed by atoms with E-state index in [2.05, 4.69) is 6.92 Å². The minimum Gasteiger partial charge on any atom is -0.303 e. The molecule has 7 heavy (non-hydrogen) atoms. The van der Waals surface area contributed by atoms with Crippen LogP contribution in [0.2, 0.25) is 0 Å². The van der Waals surface area contributed by atoms with Crippen LogP contribution in [0.25, 0.3) is 0 Å². The van der Waals surface area contributed by atoms with Gasteiger partial charge in [-0.25, -0.2) is 0 Å². The summed E-state index contributed by atoms with van der Waals surface area (Å²) < 4.78 is 0. The van der Waals surface area contributed by atoms with E-state index < -0.39 is 0 Å². The van der Waals surface area contributed by atoms with Gasteiger partial charge in [-0.15, -0.1) is 0 Å². The molecule has 0 aliphatic heterocycles. The zero-order chi connectivity index (χ0) is 4.83. The van der Waals surface area contributed by atoms with Gasteiger partial charge in [0.2, 0.25) is 0 Å². The SMILES string of the molecule is CCCCC=O.[Ta]. The second kappa shape index (κ2) is 9.65. The minimum atomic E-state index is 0. The molecule has 41 valence electrons. The van der Waals surface area contributed by atoms with Gasteiger partial charge in [0.15, 0.2) is 0 Å². The Morgan fingerprint density at radius 3 is 2.29 bits per heavy atom. The van der Waals surface area contributed by atoms with E-state index in [4.69, 9.17) is 0 Å². The summed E-state index contributed by atoms with van der Waals surface area (Å²) in [6.07, 6.45) is 3.86. The summed E-state index contributed by atoms with van der Waals surface area (Å²) >= 11 is 0. The monoisotopic (exact) mass is 267 g/mol. The normalized spacial score (nSPS) is 7.00. The molecule has 0 atom stereocenters. The van der Waals surface area contributed by atoms with Crippen LogP contribution in [0, 0.1) is 0 Å². The predicted molar refractivity (Wildman–Crippen MR) is 25.6 cm³/mol. The van der Waals surface area contributed by atoms with Crippen molar-refractivity contribution in [3.63, 3.8) is 0 Å². The quantitative estimate of drug-likeness (QED) is 0.557. The molecule has 0 amide bonds. The van der Waals surface area contributed by atoms with Gasteiger partial charge in [0.1, 0.15) is 6.29 Å². The second-order valence-electron chi connectivity index (χ2n) is 1.31. The molecule has 2 heteroatoms. The maximum Gasteiger partial charge on any atom is 0.119 e. The van der Waals surface area contributed by atoms with E-state index >= 15 is 0 Å². The summed E-state index contributed by atoms with van der Waals surface area (Å²) in [5, 5.41) is 0. The molecule has 0 unspecified atom stereocenters. The van der Waals surface area contributed by atoms with E-state index in [0.29, 0.717) is 0 Å². The minimum absolute atomic E-state index is 0. The fourth-order valence-corrected chi connectivity index (χ4v) is 0.287. The van der Waals surface area contributed by atoms with Crippen LogP contribution >= 0.6 is 0 Å². The largest absolute Gasteiger partial charge is 0.303 e. The van der Waals surface area contributed by atoms with E-state index in [1.165, 1.54) is 0 Å². The van der Waals surface area contributed by atoms with Crippen LogP contribution in [0.1, 0.15) is 26.2 Å². The van der Waals surface area contributed by atoms with Crippen molar-refractivity contribution in [2.24, 2.45) is 0 Å². The number of carbonyl (C=O) groups is 1. The van der Waals surface area contributed by atoms with Gasteiger partial charge >= 0.3 is 0 Å². The van der Waals surface area contributed by atoms with Gasteiger partial charge < -0.3 is 4.79 Å². The molecule has 0 aliphatic carbocycles. The summed E-state index contributed by atoms with van der Waals surface area (Å²) in [4.78, 5) is 9.56. The Morgan fingerprint density at radius 2 is 2.14 bits per heavy atom. The number of aldehydes is 1. The molecule has 0 heterocycles. The summed E-state index contributed by atoms with van der Waals surface area (Å²) in [6, 6.07) is 0. The van der Waals surface area contributed by atoms with Crippen molar-refractivity contribution in [3.05, 3.63) is 0 Å². The molecule has 0 fully saturated rings. The van der Waals surface area contributed by atoms with Gasteiger partial charge in [0, 0.05) is 28.8 Å². The van der Waals surface area contributed by atoms with E-state index in [9.17, 15) is 4.79 Å². The first-order chi connectivity index (χ1) is 2.91. The average Bonchev–Trinajstić information content (AvgIpc) is 1.61. The Bertz CT molecular complexity index is 37.1. The third kappa shape index (κ3) is 10.7. The third-order valence-corrected chi connectivity index (χ3v) is 0.676. The number of hydrogen-bond donors (Lipinski definition) is 0. The smallest absolute Gasteiger partial charge is 0.119 e. The summed E-state index contributed by atoms with van der Waals surface area (Å²) in [5.74, 6) is 0. The summed E-state index contributed by atoms with van der Waals surface area (Å²) in [7, 11) is 0. The van der Waals surface area contributed by atoms with Crippen molar-refractivity contribution >= 4 is 6.29 Å². The average molecular weight is 267 g/mol. The van der Waals surface area contributed by atoms with Crippen LogP contribution in [0.5, 0.6) is 0 Å². The molecular formula is C5H10OTa. The predicted octanol–water partition coefficient (Wildman–Crippen LogP) is 1.37. The van der Waals surface area contributed by atoms with Crippen molar-refractivity contribution in [3.8, 4) is 0 Å². The van der Waals surface area contributed by atoms with Crippen LogP contribution in [0.4, 0.5) is 0 Å². The summed E-state index contributed by atoms with van der Waals surface area (Å²) in [6.45, 7) is 2.07. The van der Waals surface area contributed by atoms with Crippen molar-refractivity contribution in [2.45, 2.75) is 26.2 Å². The van der Waals surface area contributed by atoms with Crippen molar-refractivity contribution in [1.82, 2.24) is 0 Å². The Hall–Kier alpha value is 0.410. The third-order valence-electron chi connectivity index (χ3n) is 0.676. The maximum absolute atomic E-state index is 9.56. The van der Waals surface area contributed by atoms with Crippen molar-refractivity contribution < 1.29 is 27.2 Å². The zero-order valence-corrected chi connectivity index (χ0v) is 7.77. The molecule has 1 nitrogen and oxygen atoms in total. The number of carbonyl (C=O) groups excluding carboxylic acids is 1. The second-order valence-corrected chi connectivity index (χ2v) is 1.31. The van der Waals surface area contributed by atoms with Gasteiger partial charge in [-0.3, -0.25) is 0 Å². The van der Waals surface area contributed by atoms with Gasteiger partial charge in [-0.2, -0.15) is 0 Å². The van der Waals surface area contributed by atoms with E-state index in [0.717, 1.165) is 25.5 Å². The van der Waals surface area contributed by atoms with Gasteiger partial charge in [0.25, 0.3) is 0 Å². The van der Waals surface area contributed by atoms with E-state index in [1.54, 1.807) is 0 Å².